The minimum atomic E-state index is -0.555. The Morgan fingerprint density at radius 2 is 1.67 bits per heavy atom. The second kappa shape index (κ2) is 14.4. The summed E-state index contributed by atoms with van der Waals surface area (Å²) in [5, 5.41) is 2.32. The van der Waals surface area contributed by atoms with E-state index in [1.807, 2.05) is 25.1 Å². The fourth-order valence-electron chi connectivity index (χ4n) is 4.83. The van der Waals surface area contributed by atoms with Crippen LogP contribution in [0.4, 0.5) is 16.2 Å². The number of ether oxygens (including phenoxy) is 4. The molecule has 1 N–H and O–H groups in total. The molecular weight excluding hydrogens is 576 g/mol. The van der Waals surface area contributed by atoms with E-state index in [-0.39, 0.29) is 17.4 Å². The van der Waals surface area contributed by atoms with E-state index < -0.39 is 23.6 Å². The molecule has 228 valence electrons. The normalized spacial score (nSPS) is 18.3. The summed E-state index contributed by atoms with van der Waals surface area (Å²) < 4.78 is 22.2. The molecule has 3 aliphatic rings. The maximum absolute atomic E-state index is 13.1. The highest BCUT2D eigenvalue weighted by Gasteiger charge is 2.36. The van der Waals surface area contributed by atoms with Gasteiger partial charge in [-0.25, -0.2) is 0 Å². The van der Waals surface area contributed by atoms with E-state index in [1.165, 1.54) is 0 Å². The van der Waals surface area contributed by atoms with Crippen LogP contribution in [-0.2, 0) is 23.9 Å². The van der Waals surface area contributed by atoms with Gasteiger partial charge in [0.05, 0.1) is 49.3 Å². The van der Waals surface area contributed by atoms with Crippen molar-refractivity contribution in [3.63, 3.8) is 0 Å². The van der Waals surface area contributed by atoms with Crippen LogP contribution < -0.4 is 19.7 Å². The number of hydrogen-bond donors (Lipinski definition) is 1. The Morgan fingerprint density at radius 1 is 0.953 bits per heavy atom. The summed E-state index contributed by atoms with van der Waals surface area (Å²) in [5.41, 5.74) is 2.06. The van der Waals surface area contributed by atoms with Crippen molar-refractivity contribution in [3.8, 4) is 11.5 Å². The fourth-order valence-corrected chi connectivity index (χ4v) is 5.66. The van der Waals surface area contributed by atoms with E-state index >= 15 is 0 Å². The number of para-hydroxylation sites is 2. The van der Waals surface area contributed by atoms with Crippen molar-refractivity contribution in [2.24, 2.45) is 0 Å². The summed E-state index contributed by atoms with van der Waals surface area (Å²) in [6.07, 6.45) is 1.57. The number of hydrogen-bond acceptors (Lipinski definition) is 10. The van der Waals surface area contributed by atoms with Gasteiger partial charge < -0.3 is 34.1 Å². The predicted molar refractivity (Wildman–Crippen MR) is 161 cm³/mol. The zero-order valence-electron chi connectivity index (χ0n) is 23.9. The molecule has 0 saturated carbocycles. The highest BCUT2D eigenvalue weighted by Crippen LogP contribution is 2.35. The molecule has 43 heavy (non-hydrogen) atoms. The Labute approximate surface area is 253 Å². The highest BCUT2D eigenvalue weighted by atomic mass is 32.2. The largest absolute Gasteiger partial charge is 0.490 e. The van der Waals surface area contributed by atoms with Gasteiger partial charge in [0.15, 0.2) is 18.1 Å². The van der Waals surface area contributed by atoms with Crippen LogP contribution in [0.15, 0.2) is 47.4 Å². The summed E-state index contributed by atoms with van der Waals surface area (Å²) in [6.45, 7) is 6.29. The van der Waals surface area contributed by atoms with Crippen LogP contribution >= 0.6 is 11.8 Å². The molecule has 3 saturated heterocycles. The fraction of sp³-hybridized carbons (Fsp3) is 0.400. The Bertz CT molecular complexity index is 1390. The lowest BCUT2D eigenvalue weighted by Crippen LogP contribution is -2.43. The third-order valence-electron chi connectivity index (χ3n) is 6.99. The number of imide groups is 1. The van der Waals surface area contributed by atoms with Gasteiger partial charge in [0.1, 0.15) is 6.54 Å². The van der Waals surface area contributed by atoms with Gasteiger partial charge >= 0.3 is 0 Å². The molecule has 4 amide bonds. The third kappa shape index (κ3) is 7.66. The van der Waals surface area contributed by atoms with Crippen LogP contribution in [0.2, 0.25) is 0 Å². The molecule has 0 spiro atoms. The summed E-state index contributed by atoms with van der Waals surface area (Å²) in [4.78, 5) is 56.2. The van der Waals surface area contributed by atoms with Crippen molar-refractivity contribution >= 4 is 52.2 Å². The van der Waals surface area contributed by atoms with Crippen molar-refractivity contribution < 1.29 is 38.1 Å². The van der Waals surface area contributed by atoms with Crippen LogP contribution in [0.5, 0.6) is 11.5 Å². The number of rotatable bonds is 10. The number of carbonyl (C=O) groups excluding carboxylic acids is 4. The topological polar surface area (TPSA) is 127 Å². The summed E-state index contributed by atoms with van der Waals surface area (Å²) in [7, 11) is 0. The number of carbonyl (C=O) groups is 4. The molecule has 13 heteroatoms. The Kier molecular flexibility index (Phi) is 10.2. The lowest BCUT2D eigenvalue weighted by molar-refractivity contribution is -0.137. The molecule has 0 aliphatic carbocycles. The van der Waals surface area contributed by atoms with Crippen molar-refractivity contribution in [2.45, 2.75) is 6.92 Å². The van der Waals surface area contributed by atoms with Gasteiger partial charge in [-0.1, -0.05) is 18.2 Å². The summed E-state index contributed by atoms with van der Waals surface area (Å²) in [6, 6.07) is 12.5. The van der Waals surface area contributed by atoms with Crippen molar-refractivity contribution in [1.82, 2.24) is 9.80 Å². The number of anilines is 2. The Balaban J connectivity index is 1.22. The number of amides is 4. The van der Waals surface area contributed by atoms with Crippen LogP contribution in [0.1, 0.15) is 12.5 Å². The highest BCUT2D eigenvalue weighted by molar-refractivity contribution is 8.18. The minimum Gasteiger partial charge on any atom is -0.490 e. The average molecular weight is 611 g/mol. The molecule has 12 nitrogen and oxygen atoms in total. The number of morpholine rings is 2. The molecule has 2 aromatic rings. The average Bonchev–Trinajstić information content (AvgIpc) is 3.28. The molecule has 0 aromatic heterocycles. The molecular formula is C30H34N4O8S. The van der Waals surface area contributed by atoms with E-state index in [4.69, 9.17) is 18.9 Å². The monoisotopic (exact) mass is 610 g/mol. The first-order chi connectivity index (χ1) is 20.9. The van der Waals surface area contributed by atoms with Crippen LogP contribution in [-0.4, -0.2) is 105 Å². The second-order valence-electron chi connectivity index (χ2n) is 9.85. The van der Waals surface area contributed by atoms with Crippen molar-refractivity contribution in [2.75, 3.05) is 82.6 Å². The van der Waals surface area contributed by atoms with E-state index in [0.29, 0.717) is 82.0 Å². The van der Waals surface area contributed by atoms with Crippen LogP contribution in [0.25, 0.3) is 6.08 Å². The second-order valence-corrected chi connectivity index (χ2v) is 10.8. The standard InChI is InChI=1S/C30H34N4O8S/c1-2-41-25-17-21(7-8-24(25)42-20-28(36)33-11-15-40-16-12-33)18-26-29(37)34(30(38)43-26)19-27(35)31-22-5-3-4-6-23(22)32-9-13-39-14-10-32/h3-8,17-18H,2,9-16,19-20H2,1H3,(H,31,35)/b26-18-. The lowest BCUT2D eigenvalue weighted by atomic mass is 10.2. The van der Waals surface area contributed by atoms with Gasteiger partial charge in [-0.15, -0.1) is 0 Å². The smallest absolute Gasteiger partial charge is 0.294 e. The van der Waals surface area contributed by atoms with Gasteiger partial charge in [-0.3, -0.25) is 24.1 Å². The molecule has 3 fully saturated rings. The maximum Gasteiger partial charge on any atom is 0.294 e. The van der Waals surface area contributed by atoms with E-state index in [0.717, 1.165) is 22.3 Å². The lowest BCUT2D eigenvalue weighted by Gasteiger charge is -2.30. The van der Waals surface area contributed by atoms with Gasteiger partial charge in [0.2, 0.25) is 5.91 Å². The van der Waals surface area contributed by atoms with E-state index in [9.17, 15) is 19.2 Å². The molecule has 2 aromatic carbocycles. The number of benzene rings is 2. The minimum absolute atomic E-state index is 0.142. The zero-order chi connectivity index (χ0) is 30.2. The summed E-state index contributed by atoms with van der Waals surface area (Å²) >= 11 is 0.768. The Hall–Kier alpha value is -4.07. The quantitative estimate of drug-likeness (QED) is 0.401. The first kappa shape index (κ1) is 30.4. The molecule has 0 radical (unpaired) electrons. The molecule has 3 heterocycles. The summed E-state index contributed by atoms with van der Waals surface area (Å²) in [5.74, 6) is -0.375. The van der Waals surface area contributed by atoms with Crippen molar-refractivity contribution in [1.29, 1.82) is 0 Å². The van der Waals surface area contributed by atoms with Gasteiger partial charge in [-0.05, 0) is 54.6 Å². The van der Waals surface area contributed by atoms with Gasteiger partial charge in [0, 0.05) is 26.2 Å². The van der Waals surface area contributed by atoms with Gasteiger partial charge in [0.25, 0.3) is 17.1 Å². The van der Waals surface area contributed by atoms with Gasteiger partial charge in [-0.2, -0.15) is 0 Å². The number of nitrogens with one attached hydrogen (secondary N) is 1. The first-order valence-electron chi connectivity index (χ1n) is 14.1. The SMILES string of the molecule is CCOc1cc(/C=C2\SC(=O)N(CC(=O)Nc3ccccc3N3CCOCC3)C2=O)ccc1OCC(=O)N1CCOCC1. The molecule has 0 atom stereocenters. The number of thioether (sulfide) groups is 1. The predicted octanol–water partition coefficient (Wildman–Crippen LogP) is 2.83. The molecule has 5 rings (SSSR count). The van der Waals surface area contributed by atoms with E-state index in [1.54, 1.807) is 35.2 Å². The first-order valence-corrected chi connectivity index (χ1v) is 15.0. The Morgan fingerprint density at radius 3 is 2.42 bits per heavy atom. The molecule has 3 aliphatic heterocycles. The third-order valence-corrected chi connectivity index (χ3v) is 7.89. The number of nitrogens with zero attached hydrogens (tertiary/aromatic N) is 3. The van der Waals surface area contributed by atoms with Crippen molar-refractivity contribution in [3.05, 3.63) is 52.9 Å². The van der Waals surface area contributed by atoms with Crippen LogP contribution in [0.3, 0.4) is 0 Å². The zero-order valence-corrected chi connectivity index (χ0v) is 24.7. The van der Waals surface area contributed by atoms with Crippen LogP contribution in [0, 0.1) is 0 Å². The van der Waals surface area contributed by atoms with E-state index in [2.05, 4.69) is 10.2 Å². The molecule has 0 bridgehead atoms. The maximum atomic E-state index is 13.1. The molecule has 0 unspecified atom stereocenters.